The molecule has 3 aromatic rings. The molecule has 260 valence electrons. The molecule has 0 spiro atoms. The first-order chi connectivity index (χ1) is 22.7. The Labute approximate surface area is 284 Å². The van der Waals surface area contributed by atoms with Crippen LogP contribution < -0.4 is 9.46 Å². The van der Waals surface area contributed by atoms with Crippen LogP contribution in [0.25, 0.3) is 28.2 Å². The number of nitrogens with zero attached hydrogens (tertiary/aromatic N) is 4. The third-order valence-electron chi connectivity index (χ3n) is 9.77. The van der Waals surface area contributed by atoms with Crippen molar-refractivity contribution < 1.29 is 27.9 Å². The second-order valence-electron chi connectivity index (χ2n) is 13.2. The van der Waals surface area contributed by atoms with Crippen LogP contribution in [0.1, 0.15) is 75.5 Å². The lowest BCUT2D eigenvalue weighted by Gasteiger charge is -2.27. The summed E-state index contributed by atoms with van der Waals surface area (Å²) in [5.41, 5.74) is 3.73. The first-order valence-electron chi connectivity index (χ1n) is 16.7. The molecule has 2 heterocycles. The van der Waals surface area contributed by atoms with Gasteiger partial charge < -0.3 is 24.2 Å². The van der Waals surface area contributed by atoms with E-state index in [1.165, 1.54) is 37.9 Å². The highest BCUT2D eigenvalue weighted by molar-refractivity contribution is 7.87. The van der Waals surface area contributed by atoms with Gasteiger partial charge in [-0.05, 0) is 81.0 Å². The molecule has 12 heteroatoms. The van der Waals surface area contributed by atoms with Crippen molar-refractivity contribution in [3.05, 3.63) is 58.7 Å². The van der Waals surface area contributed by atoms with Gasteiger partial charge in [0.1, 0.15) is 5.75 Å². The van der Waals surface area contributed by atoms with E-state index in [-0.39, 0.29) is 30.8 Å². The summed E-state index contributed by atoms with van der Waals surface area (Å²) in [6.45, 7) is 6.55. The minimum absolute atomic E-state index is 0.0472. The topological polar surface area (TPSA) is 124 Å². The average Bonchev–Trinajstić information content (AvgIpc) is 3.27. The third-order valence-corrected chi connectivity index (χ3v) is 11.4. The molecule has 0 radical (unpaired) electrons. The monoisotopic (exact) mass is 679 g/mol. The van der Waals surface area contributed by atoms with Crippen molar-refractivity contribution in [2.24, 2.45) is 0 Å². The van der Waals surface area contributed by atoms with Gasteiger partial charge >= 0.3 is 0 Å². The van der Waals surface area contributed by atoms with Crippen LogP contribution in [0.15, 0.2) is 42.0 Å². The van der Waals surface area contributed by atoms with Crippen LogP contribution in [0.4, 0.5) is 0 Å². The van der Waals surface area contributed by atoms with Crippen LogP contribution >= 0.6 is 0 Å². The number of hydrogen-bond donors (Lipinski definition) is 2. The number of carbonyl (C=O) groups excluding carboxylic acids is 2. The van der Waals surface area contributed by atoms with E-state index >= 15 is 0 Å². The molecule has 5 rings (SSSR count). The maximum Gasteiger partial charge on any atom is 0.281 e. The molecule has 1 unspecified atom stereocenters. The Morgan fingerprint density at radius 3 is 2.35 bits per heavy atom. The lowest BCUT2D eigenvalue weighted by molar-refractivity contribution is -0.137. The lowest BCUT2D eigenvalue weighted by atomic mass is 9.81. The predicted octanol–water partition coefficient (Wildman–Crippen LogP) is 4.65. The summed E-state index contributed by atoms with van der Waals surface area (Å²) in [6, 6.07) is 11.5. The standard InChI is InChI=1S/C36H49N5O6S/c1-8-40(9-2)32(42)23-39(6)35(43)26-19-25-20-28(47-7)16-18-29(25)34-33(24-13-11-10-12-14-24)30-17-15-27(21-31(30)41(34)22-26)36(3,44)37-48(45,46)38(4)5/h15-21,24,37,44H,8-14,22-23H2,1-7H3. The normalized spacial score (nSPS) is 16.5. The van der Waals surface area contributed by atoms with Gasteiger partial charge in [0.05, 0.1) is 25.9 Å². The molecule has 48 heavy (non-hydrogen) atoms. The van der Waals surface area contributed by atoms with Gasteiger partial charge in [-0.25, -0.2) is 0 Å². The number of hydrogen-bond acceptors (Lipinski definition) is 6. The maximum absolute atomic E-state index is 14.2. The van der Waals surface area contributed by atoms with Gasteiger partial charge in [-0.2, -0.15) is 17.4 Å². The molecule has 1 fully saturated rings. The molecule has 11 nitrogen and oxygen atoms in total. The lowest BCUT2D eigenvalue weighted by Crippen LogP contribution is -2.48. The van der Waals surface area contributed by atoms with E-state index in [0.717, 1.165) is 57.7 Å². The van der Waals surface area contributed by atoms with Gasteiger partial charge in [-0.3, -0.25) is 9.59 Å². The molecule has 2 amide bonds. The number of likely N-dealkylation sites (N-methyl/N-ethyl adjacent to an activating group) is 2. The van der Waals surface area contributed by atoms with Crippen molar-refractivity contribution in [3.8, 4) is 17.0 Å². The molecular formula is C36H49N5O6S. The highest BCUT2D eigenvalue weighted by Gasteiger charge is 2.34. The zero-order valence-electron chi connectivity index (χ0n) is 29.2. The number of fused-ring (bicyclic) bond motifs is 5. The number of methoxy groups -OCH3 is 1. The summed E-state index contributed by atoms with van der Waals surface area (Å²) in [4.78, 5) is 30.3. The van der Waals surface area contributed by atoms with Crippen LogP contribution in [0.3, 0.4) is 0 Å². The number of ether oxygens (including phenoxy) is 1. The van der Waals surface area contributed by atoms with E-state index in [1.807, 2.05) is 50.3 Å². The van der Waals surface area contributed by atoms with E-state index in [4.69, 9.17) is 4.74 Å². The Morgan fingerprint density at radius 1 is 1.04 bits per heavy atom. The molecule has 2 aromatic carbocycles. The summed E-state index contributed by atoms with van der Waals surface area (Å²) in [6.07, 6.45) is 7.41. The summed E-state index contributed by atoms with van der Waals surface area (Å²) in [5.74, 6) is 0.570. The Bertz CT molecular complexity index is 1830. The molecular weight excluding hydrogens is 630 g/mol. The fourth-order valence-corrected chi connectivity index (χ4v) is 7.87. The van der Waals surface area contributed by atoms with Crippen LogP contribution in [0.2, 0.25) is 0 Å². The largest absolute Gasteiger partial charge is 0.497 e. The molecule has 0 bridgehead atoms. The molecule has 1 aromatic heterocycles. The van der Waals surface area contributed by atoms with Gasteiger partial charge in [-0.15, -0.1) is 0 Å². The number of aromatic nitrogens is 1. The van der Waals surface area contributed by atoms with Crippen molar-refractivity contribution >= 4 is 39.0 Å². The fraction of sp³-hybridized carbons (Fsp3) is 0.500. The van der Waals surface area contributed by atoms with Gasteiger partial charge in [0.15, 0.2) is 5.72 Å². The Hall–Kier alpha value is -3.71. The minimum atomic E-state index is -3.96. The number of nitrogens with one attached hydrogen (secondary N) is 1. The zero-order chi connectivity index (χ0) is 35.0. The summed E-state index contributed by atoms with van der Waals surface area (Å²) >= 11 is 0. The summed E-state index contributed by atoms with van der Waals surface area (Å²) < 4.78 is 36.7. The molecule has 1 aliphatic heterocycles. The molecule has 1 aliphatic carbocycles. The maximum atomic E-state index is 14.2. The number of carbonyl (C=O) groups is 2. The van der Waals surface area contributed by atoms with Gasteiger partial charge in [0.25, 0.3) is 16.1 Å². The van der Waals surface area contributed by atoms with Gasteiger partial charge in [0, 0.05) is 61.8 Å². The van der Waals surface area contributed by atoms with E-state index in [0.29, 0.717) is 30.0 Å². The van der Waals surface area contributed by atoms with E-state index in [9.17, 15) is 23.1 Å². The van der Waals surface area contributed by atoms with Crippen LogP contribution in [0, 0.1) is 0 Å². The predicted molar refractivity (Wildman–Crippen MR) is 189 cm³/mol. The van der Waals surface area contributed by atoms with Crippen molar-refractivity contribution in [1.29, 1.82) is 0 Å². The SMILES string of the molecule is CCN(CC)C(=O)CN(C)C(=O)C1=Cc2cc(OC)ccc2-c2c(C3CCCCC3)c3ccc(C(C)(O)NS(=O)(=O)N(C)C)cc3n2C1. The van der Waals surface area contributed by atoms with Crippen molar-refractivity contribution in [2.75, 3.05) is 47.9 Å². The van der Waals surface area contributed by atoms with Crippen molar-refractivity contribution in [1.82, 2.24) is 23.4 Å². The third kappa shape index (κ3) is 6.89. The molecule has 2 N–H and O–H groups in total. The molecule has 1 atom stereocenters. The molecule has 0 saturated heterocycles. The second kappa shape index (κ2) is 14.0. The molecule has 2 aliphatic rings. The number of rotatable bonds is 11. The Morgan fingerprint density at radius 2 is 1.73 bits per heavy atom. The number of amides is 2. The first kappa shape index (κ1) is 35.6. The van der Waals surface area contributed by atoms with E-state index < -0.39 is 15.9 Å². The van der Waals surface area contributed by atoms with E-state index in [1.54, 1.807) is 25.1 Å². The van der Waals surface area contributed by atoms with Crippen LogP contribution in [-0.4, -0.2) is 91.9 Å². The van der Waals surface area contributed by atoms with Gasteiger partial charge in [-0.1, -0.05) is 31.4 Å². The Balaban J connectivity index is 1.71. The highest BCUT2D eigenvalue weighted by Crippen LogP contribution is 2.47. The zero-order valence-corrected chi connectivity index (χ0v) is 30.0. The Kier molecular flexibility index (Phi) is 10.4. The minimum Gasteiger partial charge on any atom is -0.497 e. The number of aliphatic hydroxyl groups is 1. The van der Waals surface area contributed by atoms with Crippen LogP contribution in [0.5, 0.6) is 5.75 Å². The summed E-state index contributed by atoms with van der Waals surface area (Å²) in [7, 11) is 2.09. The van der Waals surface area contributed by atoms with E-state index in [2.05, 4.69) is 9.29 Å². The van der Waals surface area contributed by atoms with Crippen molar-refractivity contribution in [3.63, 3.8) is 0 Å². The highest BCUT2D eigenvalue weighted by atomic mass is 32.2. The van der Waals surface area contributed by atoms with Crippen LogP contribution in [-0.2, 0) is 32.1 Å². The summed E-state index contributed by atoms with van der Waals surface area (Å²) in [5, 5.41) is 12.5. The van der Waals surface area contributed by atoms with Crippen molar-refractivity contribution in [2.45, 2.75) is 71.1 Å². The first-order valence-corrected chi connectivity index (χ1v) is 18.2. The number of benzene rings is 2. The molecule has 1 saturated carbocycles. The smallest absolute Gasteiger partial charge is 0.281 e. The quantitative estimate of drug-likeness (QED) is 0.285. The second-order valence-corrected chi connectivity index (χ2v) is 15.1. The fourth-order valence-electron chi connectivity index (χ4n) is 7.07. The average molecular weight is 680 g/mol. The van der Waals surface area contributed by atoms with Gasteiger partial charge in [0.2, 0.25) is 5.91 Å².